The van der Waals surface area contributed by atoms with Crippen LogP contribution in [0.2, 0.25) is 0 Å². The topological polar surface area (TPSA) is 39.7 Å². The Kier molecular flexibility index (Phi) is 11.2. The molecule has 1 aromatic rings. The van der Waals surface area contributed by atoms with Gasteiger partial charge >= 0.3 is 0 Å². The molecule has 0 fully saturated rings. The predicted octanol–water partition coefficient (Wildman–Crippen LogP) is 2.10. The van der Waals surface area contributed by atoms with Gasteiger partial charge in [-0.1, -0.05) is 19.1 Å². The van der Waals surface area contributed by atoms with Crippen molar-refractivity contribution in [1.82, 2.24) is 15.5 Å². The van der Waals surface area contributed by atoms with E-state index >= 15 is 0 Å². The van der Waals surface area contributed by atoms with Crippen LogP contribution < -0.4 is 10.6 Å². The van der Waals surface area contributed by atoms with E-state index in [1.807, 2.05) is 6.07 Å². The average molecular weight is 408 g/mol. The molecule has 1 rings (SSSR count). The van der Waals surface area contributed by atoms with E-state index in [0.717, 1.165) is 44.1 Å². The van der Waals surface area contributed by atoms with Gasteiger partial charge in [0, 0.05) is 26.7 Å². The predicted molar refractivity (Wildman–Crippen MR) is 98.1 cm³/mol. The number of nitrogens with zero attached hydrogens (tertiary/aromatic N) is 2. The van der Waals surface area contributed by atoms with Crippen LogP contribution in [0.25, 0.3) is 0 Å². The van der Waals surface area contributed by atoms with Crippen molar-refractivity contribution in [2.75, 3.05) is 40.3 Å². The van der Waals surface area contributed by atoms with Crippen molar-refractivity contribution in [2.45, 2.75) is 13.3 Å². The lowest BCUT2D eigenvalue weighted by atomic mass is 10.1. The van der Waals surface area contributed by atoms with Gasteiger partial charge in [0.15, 0.2) is 5.96 Å². The summed E-state index contributed by atoms with van der Waals surface area (Å²) in [5, 5.41) is 6.48. The highest BCUT2D eigenvalue weighted by molar-refractivity contribution is 14.0. The molecular formula is C15H26FIN4. The van der Waals surface area contributed by atoms with Crippen molar-refractivity contribution in [3.63, 3.8) is 0 Å². The smallest absolute Gasteiger partial charge is 0.191 e. The van der Waals surface area contributed by atoms with E-state index in [9.17, 15) is 4.39 Å². The maximum atomic E-state index is 13.0. The average Bonchev–Trinajstić information content (AvgIpc) is 2.45. The van der Waals surface area contributed by atoms with Crippen LogP contribution in [-0.4, -0.2) is 51.1 Å². The Labute approximate surface area is 144 Å². The molecule has 0 spiro atoms. The SMILES string of the molecule is CCN(C)CCNC(=NC)NCCc1cccc(F)c1.I. The molecule has 21 heavy (non-hydrogen) atoms. The van der Waals surface area contributed by atoms with Crippen LogP contribution in [0.5, 0.6) is 0 Å². The third-order valence-electron chi connectivity index (χ3n) is 3.14. The summed E-state index contributed by atoms with van der Waals surface area (Å²) in [6, 6.07) is 6.69. The van der Waals surface area contributed by atoms with Gasteiger partial charge in [0.05, 0.1) is 0 Å². The van der Waals surface area contributed by atoms with Gasteiger partial charge in [0.25, 0.3) is 0 Å². The summed E-state index contributed by atoms with van der Waals surface area (Å²) in [5.74, 6) is 0.596. The first-order valence-electron chi connectivity index (χ1n) is 7.03. The van der Waals surface area contributed by atoms with Crippen molar-refractivity contribution in [1.29, 1.82) is 0 Å². The summed E-state index contributed by atoms with van der Waals surface area (Å²) in [7, 11) is 3.84. The van der Waals surface area contributed by atoms with Gasteiger partial charge in [0.2, 0.25) is 0 Å². The Balaban J connectivity index is 0.00000400. The molecule has 0 atom stereocenters. The Morgan fingerprint density at radius 3 is 2.62 bits per heavy atom. The lowest BCUT2D eigenvalue weighted by molar-refractivity contribution is 0.357. The van der Waals surface area contributed by atoms with Crippen LogP contribution in [0.1, 0.15) is 12.5 Å². The zero-order chi connectivity index (χ0) is 14.8. The number of benzene rings is 1. The fourth-order valence-electron chi connectivity index (χ4n) is 1.76. The van der Waals surface area contributed by atoms with Gasteiger partial charge in [-0.25, -0.2) is 4.39 Å². The molecule has 6 heteroatoms. The maximum Gasteiger partial charge on any atom is 0.191 e. The number of likely N-dealkylation sites (N-methyl/N-ethyl adjacent to an activating group) is 1. The number of rotatable bonds is 7. The summed E-state index contributed by atoms with van der Waals surface area (Å²) in [6.07, 6.45) is 0.771. The third-order valence-corrected chi connectivity index (χ3v) is 3.14. The van der Waals surface area contributed by atoms with Gasteiger partial charge in [0.1, 0.15) is 5.82 Å². The number of hydrogen-bond acceptors (Lipinski definition) is 2. The Hall–Kier alpha value is -0.890. The quantitative estimate of drug-likeness (QED) is 0.413. The highest BCUT2D eigenvalue weighted by atomic mass is 127. The van der Waals surface area contributed by atoms with Crippen LogP contribution in [0.15, 0.2) is 29.3 Å². The number of nitrogens with one attached hydrogen (secondary N) is 2. The second kappa shape index (κ2) is 11.7. The van der Waals surface area contributed by atoms with Crippen LogP contribution in [0.3, 0.4) is 0 Å². The summed E-state index contributed by atoms with van der Waals surface area (Å²) in [5.41, 5.74) is 0.985. The molecule has 0 radical (unpaired) electrons. The molecule has 0 amide bonds. The minimum Gasteiger partial charge on any atom is -0.356 e. The number of aliphatic imine (C=N–C) groups is 1. The largest absolute Gasteiger partial charge is 0.356 e. The molecule has 0 aliphatic rings. The second-order valence-corrected chi connectivity index (χ2v) is 4.70. The van der Waals surface area contributed by atoms with Crippen LogP contribution >= 0.6 is 24.0 Å². The zero-order valence-corrected chi connectivity index (χ0v) is 15.4. The fourth-order valence-corrected chi connectivity index (χ4v) is 1.76. The van der Waals surface area contributed by atoms with Crippen LogP contribution in [0, 0.1) is 5.82 Å². The number of hydrogen-bond donors (Lipinski definition) is 2. The van der Waals surface area contributed by atoms with Crippen molar-refractivity contribution < 1.29 is 4.39 Å². The Morgan fingerprint density at radius 1 is 1.29 bits per heavy atom. The monoisotopic (exact) mass is 408 g/mol. The molecule has 0 aliphatic carbocycles. The lowest BCUT2D eigenvalue weighted by Gasteiger charge is -2.16. The van der Waals surface area contributed by atoms with Crippen molar-refractivity contribution in [3.8, 4) is 0 Å². The molecule has 0 unspecified atom stereocenters. The highest BCUT2D eigenvalue weighted by Gasteiger charge is 1.99. The maximum absolute atomic E-state index is 13.0. The molecule has 0 heterocycles. The fraction of sp³-hybridized carbons (Fsp3) is 0.533. The zero-order valence-electron chi connectivity index (χ0n) is 13.0. The summed E-state index contributed by atoms with van der Waals surface area (Å²) >= 11 is 0. The van der Waals surface area contributed by atoms with E-state index < -0.39 is 0 Å². The second-order valence-electron chi connectivity index (χ2n) is 4.70. The molecule has 0 saturated carbocycles. The van der Waals surface area contributed by atoms with Crippen molar-refractivity contribution >= 4 is 29.9 Å². The standard InChI is InChI=1S/C15H25FN4.HI/c1-4-20(3)11-10-19-15(17-2)18-9-8-13-6-5-7-14(16)12-13;/h5-7,12H,4,8-11H2,1-3H3,(H2,17,18,19);1H. The number of guanidine groups is 1. The van der Waals surface area contributed by atoms with Crippen LogP contribution in [0.4, 0.5) is 4.39 Å². The first kappa shape index (κ1) is 20.1. The van der Waals surface area contributed by atoms with E-state index in [1.54, 1.807) is 19.2 Å². The minimum absolute atomic E-state index is 0. The molecule has 0 aliphatic heterocycles. The van der Waals surface area contributed by atoms with E-state index in [1.165, 1.54) is 6.07 Å². The summed E-state index contributed by atoms with van der Waals surface area (Å²) in [6.45, 7) is 5.72. The molecule has 0 aromatic heterocycles. The van der Waals surface area contributed by atoms with E-state index in [-0.39, 0.29) is 29.8 Å². The normalized spacial score (nSPS) is 11.2. The molecule has 0 saturated heterocycles. The summed E-state index contributed by atoms with van der Waals surface area (Å²) in [4.78, 5) is 6.39. The Morgan fingerprint density at radius 2 is 2.00 bits per heavy atom. The molecule has 1 aromatic carbocycles. The van der Waals surface area contributed by atoms with E-state index in [2.05, 4.69) is 34.5 Å². The van der Waals surface area contributed by atoms with Gasteiger partial charge < -0.3 is 15.5 Å². The van der Waals surface area contributed by atoms with Crippen LogP contribution in [-0.2, 0) is 6.42 Å². The minimum atomic E-state index is -0.187. The van der Waals surface area contributed by atoms with E-state index in [4.69, 9.17) is 0 Å². The third kappa shape index (κ3) is 8.87. The lowest BCUT2D eigenvalue weighted by Crippen LogP contribution is -2.41. The van der Waals surface area contributed by atoms with Crippen molar-refractivity contribution in [3.05, 3.63) is 35.6 Å². The van der Waals surface area contributed by atoms with Gasteiger partial charge in [-0.2, -0.15) is 0 Å². The first-order chi connectivity index (χ1) is 9.65. The first-order valence-corrected chi connectivity index (χ1v) is 7.03. The molecular weight excluding hydrogens is 382 g/mol. The van der Waals surface area contributed by atoms with Crippen molar-refractivity contribution in [2.24, 2.45) is 4.99 Å². The van der Waals surface area contributed by atoms with Gasteiger partial charge in [-0.05, 0) is 37.7 Å². The Bertz CT molecular complexity index is 426. The summed E-state index contributed by atoms with van der Waals surface area (Å²) < 4.78 is 13.0. The molecule has 0 bridgehead atoms. The van der Waals surface area contributed by atoms with Gasteiger partial charge in [-0.3, -0.25) is 4.99 Å². The molecule has 120 valence electrons. The highest BCUT2D eigenvalue weighted by Crippen LogP contribution is 2.03. The number of halogens is 2. The molecule has 2 N–H and O–H groups in total. The van der Waals surface area contributed by atoms with E-state index in [0.29, 0.717) is 0 Å². The molecule has 4 nitrogen and oxygen atoms in total. The van der Waals surface area contributed by atoms with Gasteiger partial charge in [-0.15, -0.1) is 24.0 Å².